The molecule has 96 valence electrons. The molecule has 0 aliphatic heterocycles. The fraction of sp³-hybridized carbons (Fsp3) is 0.167. The molecule has 5 nitrogen and oxygen atoms in total. The van der Waals surface area contributed by atoms with Crippen LogP contribution in [0.25, 0.3) is 0 Å². The van der Waals surface area contributed by atoms with Crippen LogP contribution in [0.1, 0.15) is 0 Å². The molecule has 1 amide bonds. The van der Waals surface area contributed by atoms with Gasteiger partial charge in [0.1, 0.15) is 5.75 Å². The van der Waals surface area contributed by atoms with Crippen LogP contribution in [-0.2, 0) is 4.74 Å². The maximum absolute atomic E-state index is 11.3. The first-order valence-corrected chi connectivity index (χ1v) is 5.58. The molecule has 0 bridgehead atoms. The third kappa shape index (κ3) is 4.84. The number of hydrogen-bond donors (Lipinski definition) is 2. The van der Waals surface area contributed by atoms with Crippen LogP contribution < -0.4 is 15.4 Å². The van der Waals surface area contributed by atoms with E-state index in [2.05, 4.69) is 17.2 Å². The number of carbonyl (C=O) groups excluding carboxylic acids is 1. The normalized spacial score (nSPS) is 9.17. The highest BCUT2D eigenvalue weighted by molar-refractivity contribution is 7.80. The molecule has 18 heavy (non-hydrogen) atoms. The molecule has 1 aromatic rings. The molecule has 1 rings (SSSR count). The van der Waals surface area contributed by atoms with E-state index >= 15 is 0 Å². The SMILES string of the molecule is C=CCNC(=O)Oc1cccc(NC(=S)OC)c1. The molecule has 0 unspecified atom stereocenters. The molecular weight excluding hydrogens is 252 g/mol. The Kier molecular flexibility index (Phi) is 5.66. The summed E-state index contributed by atoms with van der Waals surface area (Å²) in [5.41, 5.74) is 0.677. The van der Waals surface area contributed by atoms with Gasteiger partial charge in [0.2, 0.25) is 0 Å². The van der Waals surface area contributed by atoms with Gasteiger partial charge in [0, 0.05) is 18.3 Å². The van der Waals surface area contributed by atoms with Crippen molar-refractivity contribution in [2.24, 2.45) is 0 Å². The Morgan fingerprint density at radius 2 is 2.33 bits per heavy atom. The zero-order valence-electron chi connectivity index (χ0n) is 9.93. The highest BCUT2D eigenvalue weighted by atomic mass is 32.1. The summed E-state index contributed by atoms with van der Waals surface area (Å²) in [6.07, 6.45) is 1.03. The molecule has 1 aromatic carbocycles. The maximum Gasteiger partial charge on any atom is 0.412 e. The van der Waals surface area contributed by atoms with Gasteiger partial charge in [0.25, 0.3) is 5.17 Å². The average Bonchev–Trinajstić information content (AvgIpc) is 2.36. The van der Waals surface area contributed by atoms with E-state index in [1.807, 2.05) is 0 Å². The van der Waals surface area contributed by atoms with Crippen molar-refractivity contribution in [2.75, 3.05) is 19.0 Å². The lowest BCUT2D eigenvalue weighted by atomic mass is 10.3. The predicted octanol–water partition coefficient (Wildman–Crippen LogP) is 2.30. The largest absolute Gasteiger partial charge is 0.474 e. The molecular formula is C12H14N2O3S. The van der Waals surface area contributed by atoms with Crippen molar-refractivity contribution in [3.05, 3.63) is 36.9 Å². The van der Waals surface area contributed by atoms with Gasteiger partial charge in [-0.05, 0) is 24.4 Å². The number of carbonyl (C=O) groups is 1. The minimum atomic E-state index is -0.540. The number of nitrogens with one attached hydrogen (secondary N) is 2. The Morgan fingerprint density at radius 1 is 1.56 bits per heavy atom. The van der Waals surface area contributed by atoms with E-state index in [9.17, 15) is 4.79 Å². The van der Waals surface area contributed by atoms with Gasteiger partial charge < -0.3 is 20.1 Å². The van der Waals surface area contributed by atoms with Crippen LogP contribution in [0.5, 0.6) is 5.75 Å². The number of thiocarbonyl (C=S) groups is 1. The van der Waals surface area contributed by atoms with E-state index in [0.717, 1.165) is 0 Å². The molecule has 0 aliphatic rings. The summed E-state index contributed by atoms with van der Waals surface area (Å²) in [5, 5.41) is 5.57. The summed E-state index contributed by atoms with van der Waals surface area (Å²) >= 11 is 4.86. The zero-order chi connectivity index (χ0) is 13.4. The summed E-state index contributed by atoms with van der Waals surface area (Å²) in [5.74, 6) is 0.403. The maximum atomic E-state index is 11.3. The van der Waals surface area contributed by atoms with Crippen LogP contribution in [-0.4, -0.2) is 24.9 Å². The molecule has 0 atom stereocenters. The Labute approximate surface area is 111 Å². The first-order valence-electron chi connectivity index (χ1n) is 5.17. The highest BCUT2D eigenvalue weighted by Gasteiger charge is 2.04. The van der Waals surface area contributed by atoms with Crippen LogP contribution in [0, 0.1) is 0 Å². The Bertz CT molecular complexity index is 449. The fourth-order valence-electron chi connectivity index (χ4n) is 1.10. The van der Waals surface area contributed by atoms with Crippen molar-refractivity contribution >= 4 is 29.2 Å². The number of methoxy groups -OCH3 is 1. The zero-order valence-corrected chi connectivity index (χ0v) is 10.8. The van der Waals surface area contributed by atoms with Crippen LogP contribution in [0.3, 0.4) is 0 Å². The second kappa shape index (κ2) is 7.29. The molecule has 0 aromatic heterocycles. The van der Waals surface area contributed by atoms with Gasteiger partial charge in [-0.1, -0.05) is 12.1 Å². The Morgan fingerprint density at radius 3 is 3.00 bits per heavy atom. The Balaban J connectivity index is 2.61. The summed E-state index contributed by atoms with van der Waals surface area (Å²) in [4.78, 5) is 11.3. The second-order valence-corrected chi connectivity index (χ2v) is 3.57. The van der Waals surface area contributed by atoms with Gasteiger partial charge in [0.15, 0.2) is 0 Å². The Hall–Kier alpha value is -2.08. The molecule has 0 aliphatic carbocycles. The predicted molar refractivity (Wildman–Crippen MR) is 73.9 cm³/mol. The van der Waals surface area contributed by atoms with E-state index < -0.39 is 6.09 Å². The molecule has 0 fully saturated rings. The molecule has 0 heterocycles. The lowest BCUT2D eigenvalue weighted by Gasteiger charge is -2.08. The molecule has 0 spiro atoms. The summed E-state index contributed by atoms with van der Waals surface area (Å²) in [6, 6.07) is 6.81. The van der Waals surface area contributed by atoms with E-state index in [0.29, 0.717) is 18.0 Å². The number of benzene rings is 1. The van der Waals surface area contributed by atoms with Crippen molar-refractivity contribution < 1.29 is 14.3 Å². The highest BCUT2D eigenvalue weighted by Crippen LogP contribution is 2.17. The molecule has 2 N–H and O–H groups in total. The first kappa shape index (κ1) is 14.0. The van der Waals surface area contributed by atoms with Gasteiger partial charge in [0.05, 0.1) is 7.11 Å². The van der Waals surface area contributed by atoms with Gasteiger partial charge in [-0.3, -0.25) is 0 Å². The quantitative estimate of drug-likeness (QED) is 0.647. The van der Waals surface area contributed by atoms with Crippen LogP contribution in [0.15, 0.2) is 36.9 Å². The molecule has 0 saturated heterocycles. The first-order chi connectivity index (χ1) is 8.65. The van der Waals surface area contributed by atoms with Crippen molar-refractivity contribution in [3.8, 4) is 5.75 Å². The molecule has 0 radical (unpaired) electrons. The van der Waals surface area contributed by atoms with E-state index in [1.165, 1.54) is 7.11 Å². The summed E-state index contributed by atoms with van der Waals surface area (Å²) in [6.45, 7) is 3.84. The average molecular weight is 266 g/mol. The standard InChI is InChI=1S/C12H14N2O3S/c1-3-7-13-11(15)17-10-6-4-5-9(8-10)14-12(18)16-2/h3-6,8H,1,7H2,2H3,(H,13,15)(H,14,18). The lowest BCUT2D eigenvalue weighted by molar-refractivity contribution is 0.201. The molecule has 0 saturated carbocycles. The number of amides is 1. The van der Waals surface area contributed by atoms with Crippen LogP contribution in [0.4, 0.5) is 10.5 Å². The number of hydrogen-bond acceptors (Lipinski definition) is 4. The van der Waals surface area contributed by atoms with E-state index in [1.54, 1.807) is 30.3 Å². The van der Waals surface area contributed by atoms with Crippen molar-refractivity contribution in [3.63, 3.8) is 0 Å². The van der Waals surface area contributed by atoms with Crippen LogP contribution >= 0.6 is 12.2 Å². The number of anilines is 1. The van der Waals surface area contributed by atoms with Gasteiger partial charge in [-0.2, -0.15) is 0 Å². The van der Waals surface area contributed by atoms with Crippen molar-refractivity contribution in [2.45, 2.75) is 0 Å². The van der Waals surface area contributed by atoms with E-state index in [-0.39, 0.29) is 5.17 Å². The van der Waals surface area contributed by atoms with Gasteiger partial charge in [-0.15, -0.1) is 6.58 Å². The van der Waals surface area contributed by atoms with Gasteiger partial charge >= 0.3 is 6.09 Å². The second-order valence-electron chi connectivity index (χ2n) is 3.20. The summed E-state index contributed by atoms with van der Waals surface area (Å²) < 4.78 is 9.87. The van der Waals surface area contributed by atoms with Crippen molar-refractivity contribution in [1.29, 1.82) is 0 Å². The van der Waals surface area contributed by atoms with Crippen LogP contribution in [0.2, 0.25) is 0 Å². The monoisotopic (exact) mass is 266 g/mol. The van der Waals surface area contributed by atoms with Crippen molar-refractivity contribution in [1.82, 2.24) is 5.32 Å². The van der Waals surface area contributed by atoms with Gasteiger partial charge in [-0.25, -0.2) is 4.79 Å². The third-order valence-electron chi connectivity index (χ3n) is 1.87. The van der Waals surface area contributed by atoms with E-state index in [4.69, 9.17) is 21.7 Å². The smallest absolute Gasteiger partial charge is 0.412 e. The molecule has 6 heteroatoms. The minimum absolute atomic E-state index is 0.239. The third-order valence-corrected chi connectivity index (χ3v) is 2.14. The number of rotatable bonds is 4. The number of ether oxygens (including phenoxy) is 2. The summed E-state index contributed by atoms with van der Waals surface area (Å²) in [7, 11) is 1.47. The minimum Gasteiger partial charge on any atom is -0.474 e. The lowest BCUT2D eigenvalue weighted by Crippen LogP contribution is -2.26. The fourth-order valence-corrected chi connectivity index (χ4v) is 1.22. The topological polar surface area (TPSA) is 59.6 Å².